The number of para-hydroxylation sites is 1. The molecule has 176 valence electrons. The maximum atomic E-state index is 13.4. The van der Waals surface area contributed by atoms with Gasteiger partial charge in [0, 0.05) is 48.8 Å². The summed E-state index contributed by atoms with van der Waals surface area (Å²) in [5.74, 6) is -0.148. The van der Waals surface area contributed by atoms with Crippen LogP contribution in [0.1, 0.15) is 39.1 Å². The maximum Gasteiger partial charge on any atom is 0.255 e. The molecule has 1 fully saturated rings. The molecule has 7 nitrogen and oxygen atoms in total. The van der Waals surface area contributed by atoms with Gasteiger partial charge in [-0.05, 0) is 50.1 Å². The normalized spacial score (nSPS) is 14.0. The van der Waals surface area contributed by atoms with Crippen LogP contribution in [0.25, 0.3) is 16.9 Å². The molecule has 0 radical (unpaired) electrons. The molecule has 1 aliphatic heterocycles. The minimum Gasteiger partial charge on any atom is -0.349 e. The van der Waals surface area contributed by atoms with Crippen molar-refractivity contribution in [1.82, 2.24) is 25.0 Å². The number of piperidine rings is 1. The van der Waals surface area contributed by atoms with E-state index in [4.69, 9.17) is 5.10 Å². The maximum absolute atomic E-state index is 13.4. The Kier molecular flexibility index (Phi) is 6.39. The number of carbonyl (C=O) groups excluding carboxylic acids is 2. The molecule has 4 aromatic rings. The summed E-state index contributed by atoms with van der Waals surface area (Å²) in [6.45, 7) is 3.22. The lowest BCUT2D eigenvalue weighted by atomic mass is 10.0. The van der Waals surface area contributed by atoms with Crippen molar-refractivity contribution in [2.75, 3.05) is 13.1 Å². The minimum absolute atomic E-state index is 0.00282. The molecule has 35 heavy (non-hydrogen) atoms. The molecule has 5 rings (SSSR count). The fraction of sp³-hybridized carbons (Fsp3) is 0.214. The highest BCUT2D eigenvalue weighted by molar-refractivity contribution is 6.00. The topological polar surface area (TPSA) is 80.1 Å². The number of aromatic nitrogens is 3. The summed E-state index contributed by atoms with van der Waals surface area (Å²) in [7, 11) is 0. The zero-order valence-corrected chi connectivity index (χ0v) is 19.6. The molecule has 1 N–H and O–H groups in total. The van der Waals surface area contributed by atoms with E-state index >= 15 is 0 Å². The highest BCUT2D eigenvalue weighted by Crippen LogP contribution is 2.25. The predicted octanol–water partition coefficient (Wildman–Crippen LogP) is 4.28. The van der Waals surface area contributed by atoms with Gasteiger partial charge in [-0.25, -0.2) is 4.68 Å². The van der Waals surface area contributed by atoms with Crippen LogP contribution in [0.15, 0.2) is 85.3 Å². The lowest BCUT2D eigenvalue weighted by Gasteiger charge is -2.32. The summed E-state index contributed by atoms with van der Waals surface area (Å²) in [6.07, 6.45) is 6.46. The van der Waals surface area contributed by atoms with Crippen molar-refractivity contribution in [2.24, 2.45) is 0 Å². The summed E-state index contributed by atoms with van der Waals surface area (Å²) in [4.78, 5) is 32.0. The number of aryl methyl sites for hydroxylation is 1. The molecule has 1 aliphatic rings. The number of benzene rings is 2. The third kappa shape index (κ3) is 4.99. The second kappa shape index (κ2) is 9.93. The molecule has 3 heterocycles. The van der Waals surface area contributed by atoms with Crippen molar-refractivity contribution in [3.63, 3.8) is 0 Å². The molecular weight excluding hydrogens is 438 g/mol. The quantitative estimate of drug-likeness (QED) is 0.477. The molecule has 1 saturated heterocycles. The van der Waals surface area contributed by atoms with Crippen LogP contribution in [-0.4, -0.2) is 50.6 Å². The number of pyridine rings is 1. The molecule has 0 saturated carbocycles. The van der Waals surface area contributed by atoms with Crippen LogP contribution in [0.3, 0.4) is 0 Å². The van der Waals surface area contributed by atoms with Crippen molar-refractivity contribution in [1.29, 1.82) is 0 Å². The van der Waals surface area contributed by atoms with E-state index in [2.05, 4.69) is 10.3 Å². The van der Waals surface area contributed by atoms with Gasteiger partial charge in [-0.15, -0.1) is 0 Å². The summed E-state index contributed by atoms with van der Waals surface area (Å²) >= 11 is 0. The highest BCUT2D eigenvalue weighted by atomic mass is 16.2. The first-order chi connectivity index (χ1) is 17.1. The number of carbonyl (C=O) groups is 2. The van der Waals surface area contributed by atoms with Crippen molar-refractivity contribution in [2.45, 2.75) is 25.8 Å². The lowest BCUT2D eigenvalue weighted by Crippen LogP contribution is -2.46. The number of hydrogen-bond acceptors (Lipinski definition) is 4. The average Bonchev–Trinajstić information content (AvgIpc) is 3.36. The van der Waals surface area contributed by atoms with Gasteiger partial charge < -0.3 is 10.2 Å². The Bertz CT molecular complexity index is 1330. The van der Waals surface area contributed by atoms with Gasteiger partial charge >= 0.3 is 0 Å². The van der Waals surface area contributed by atoms with E-state index in [-0.39, 0.29) is 17.9 Å². The summed E-state index contributed by atoms with van der Waals surface area (Å²) in [6, 6.07) is 21.2. The van der Waals surface area contributed by atoms with Crippen molar-refractivity contribution in [3.8, 4) is 16.9 Å². The minimum atomic E-state index is -0.150. The summed E-state index contributed by atoms with van der Waals surface area (Å²) < 4.78 is 1.75. The highest BCUT2D eigenvalue weighted by Gasteiger charge is 2.26. The van der Waals surface area contributed by atoms with Gasteiger partial charge in [0.1, 0.15) is 5.69 Å². The van der Waals surface area contributed by atoms with E-state index in [9.17, 15) is 9.59 Å². The van der Waals surface area contributed by atoms with E-state index < -0.39 is 0 Å². The molecular formula is C28H27N5O2. The monoisotopic (exact) mass is 465 g/mol. The van der Waals surface area contributed by atoms with Gasteiger partial charge in [-0.1, -0.05) is 42.0 Å². The predicted molar refractivity (Wildman–Crippen MR) is 134 cm³/mol. The van der Waals surface area contributed by atoms with Crippen LogP contribution in [0, 0.1) is 6.92 Å². The largest absolute Gasteiger partial charge is 0.349 e. The molecule has 2 aromatic heterocycles. The molecule has 7 heteroatoms. The summed E-state index contributed by atoms with van der Waals surface area (Å²) in [5, 5.41) is 7.96. The van der Waals surface area contributed by atoms with Crippen LogP contribution in [0.5, 0.6) is 0 Å². The van der Waals surface area contributed by atoms with E-state index in [0.717, 1.165) is 16.8 Å². The number of nitrogens with one attached hydrogen (secondary N) is 1. The first kappa shape index (κ1) is 22.5. The van der Waals surface area contributed by atoms with E-state index in [1.165, 1.54) is 0 Å². The number of nitrogens with zero attached hydrogens (tertiary/aromatic N) is 4. The van der Waals surface area contributed by atoms with Crippen LogP contribution in [0.4, 0.5) is 0 Å². The van der Waals surface area contributed by atoms with Gasteiger partial charge in [0.25, 0.3) is 11.8 Å². The van der Waals surface area contributed by atoms with Crippen LogP contribution < -0.4 is 5.32 Å². The smallest absolute Gasteiger partial charge is 0.255 e. The Morgan fingerprint density at radius 1 is 0.943 bits per heavy atom. The van der Waals surface area contributed by atoms with E-state index in [1.807, 2.05) is 66.4 Å². The Morgan fingerprint density at radius 2 is 1.69 bits per heavy atom. The first-order valence-corrected chi connectivity index (χ1v) is 11.8. The van der Waals surface area contributed by atoms with Gasteiger partial charge in [0.15, 0.2) is 0 Å². The summed E-state index contributed by atoms with van der Waals surface area (Å²) in [5.41, 5.74) is 4.73. The van der Waals surface area contributed by atoms with Crippen molar-refractivity contribution < 1.29 is 9.59 Å². The average molecular weight is 466 g/mol. The second-order valence-electron chi connectivity index (χ2n) is 8.82. The number of likely N-dealkylation sites (tertiary alicyclic amines) is 1. The third-order valence-corrected chi connectivity index (χ3v) is 6.32. The number of amides is 2. The van der Waals surface area contributed by atoms with Crippen molar-refractivity contribution in [3.05, 3.63) is 102 Å². The van der Waals surface area contributed by atoms with Gasteiger partial charge in [0.05, 0.1) is 11.3 Å². The Balaban J connectivity index is 1.33. The van der Waals surface area contributed by atoms with Gasteiger partial charge in [0.2, 0.25) is 0 Å². The lowest BCUT2D eigenvalue weighted by molar-refractivity contribution is 0.0698. The third-order valence-electron chi connectivity index (χ3n) is 6.32. The van der Waals surface area contributed by atoms with Crippen LogP contribution >= 0.6 is 0 Å². The number of rotatable bonds is 5. The fourth-order valence-corrected chi connectivity index (χ4v) is 4.43. The standard InChI is InChI=1S/C28H27N5O2/c1-20-6-5-7-22(18-20)26-25(19-33(31-26)24-8-3-2-4-9-24)27(34)30-23-12-16-32(17-13-23)28(35)21-10-14-29-15-11-21/h2-11,14-15,18-19,23H,12-13,16-17H2,1H3,(H,30,34). The van der Waals surface area contributed by atoms with Crippen molar-refractivity contribution >= 4 is 11.8 Å². The molecule has 2 aromatic carbocycles. The molecule has 0 atom stereocenters. The fourth-order valence-electron chi connectivity index (χ4n) is 4.43. The molecule has 0 unspecified atom stereocenters. The molecule has 0 aliphatic carbocycles. The SMILES string of the molecule is Cc1cccc(-c2nn(-c3ccccc3)cc2C(=O)NC2CCN(C(=O)c3ccncc3)CC2)c1. The number of hydrogen-bond donors (Lipinski definition) is 1. The molecule has 0 bridgehead atoms. The molecule has 0 spiro atoms. The Labute approximate surface area is 204 Å². The van der Waals surface area contributed by atoms with E-state index in [0.29, 0.717) is 42.8 Å². The van der Waals surface area contributed by atoms with Gasteiger partial charge in [-0.2, -0.15) is 5.10 Å². The molecule has 2 amide bonds. The van der Waals surface area contributed by atoms with Gasteiger partial charge in [-0.3, -0.25) is 14.6 Å². The zero-order chi connectivity index (χ0) is 24.2. The Hall–Kier alpha value is -4.26. The Morgan fingerprint density at radius 3 is 2.40 bits per heavy atom. The van der Waals surface area contributed by atoms with Crippen LogP contribution in [-0.2, 0) is 0 Å². The van der Waals surface area contributed by atoms with E-state index in [1.54, 1.807) is 35.4 Å². The zero-order valence-electron chi connectivity index (χ0n) is 19.6. The second-order valence-corrected chi connectivity index (χ2v) is 8.82. The van der Waals surface area contributed by atoms with Crippen LogP contribution in [0.2, 0.25) is 0 Å². The first-order valence-electron chi connectivity index (χ1n) is 11.8.